The zero-order chi connectivity index (χ0) is 13.7. The molecule has 2 unspecified atom stereocenters. The minimum absolute atomic E-state index is 0. The number of thioether (sulfide) groups is 1. The van der Waals surface area contributed by atoms with E-state index >= 15 is 0 Å². The quantitative estimate of drug-likeness (QED) is 0.898. The minimum atomic E-state index is -0.237. The molecule has 1 aliphatic rings. The van der Waals surface area contributed by atoms with E-state index in [-0.39, 0.29) is 30.3 Å². The fraction of sp³-hybridized carbons (Fsp3) is 0.533. The van der Waals surface area contributed by atoms with Gasteiger partial charge in [0.2, 0.25) is 5.91 Å². The Morgan fingerprint density at radius 1 is 1.30 bits per heavy atom. The molecule has 0 bridgehead atoms. The van der Waals surface area contributed by atoms with Gasteiger partial charge in [0, 0.05) is 12.1 Å². The Bertz CT molecular complexity index is 410. The fourth-order valence-corrected chi connectivity index (χ4v) is 3.41. The van der Waals surface area contributed by atoms with Crippen LogP contribution in [0.15, 0.2) is 30.3 Å². The third-order valence-corrected chi connectivity index (χ3v) is 4.75. The largest absolute Gasteiger partial charge is 0.353 e. The Kier molecular flexibility index (Phi) is 7.41. The van der Waals surface area contributed by atoms with Crippen LogP contribution in [0.2, 0.25) is 0 Å². The molecule has 5 heteroatoms. The molecule has 20 heavy (non-hydrogen) atoms. The van der Waals surface area contributed by atoms with Crippen LogP contribution < -0.4 is 11.1 Å². The Morgan fingerprint density at radius 2 is 1.90 bits per heavy atom. The molecule has 2 rings (SSSR count). The summed E-state index contributed by atoms with van der Waals surface area (Å²) in [5, 5.41) is 3.14. The summed E-state index contributed by atoms with van der Waals surface area (Å²) in [6.45, 7) is 1.91. The van der Waals surface area contributed by atoms with Crippen molar-refractivity contribution in [3.05, 3.63) is 35.9 Å². The van der Waals surface area contributed by atoms with E-state index in [2.05, 4.69) is 5.32 Å². The maximum atomic E-state index is 12.2. The molecule has 3 nitrogen and oxygen atoms in total. The van der Waals surface area contributed by atoms with Crippen LogP contribution in [0.5, 0.6) is 0 Å². The summed E-state index contributed by atoms with van der Waals surface area (Å²) < 4.78 is 0. The van der Waals surface area contributed by atoms with Crippen molar-refractivity contribution in [3.8, 4) is 0 Å². The molecular formula is C15H23ClN2OS. The first-order chi connectivity index (χ1) is 9.18. The van der Waals surface area contributed by atoms with Gasteiger partial charge < -0.3 is 11.1 Å². The predicted octanol–water partition coefficient (Wildman–Crippen LogP) is 2.76. The number of halogens is 1. The summed E-state index contributed by atoms with van der Waals surface area (Å²) in [6, 6.07) is 9.92. The van der Waals surface area contributed by atoms with Crippen molar-refractivity contribution >= 4 is 30.1 Å². The highest BCUT2D eigenvalue weighted by Gasteiger charge is 2.24. The number of carbonyl (C=O) groups excluding carboxylic acids is 1. The Labute approximate surface area is 131 Å². The lowest BCUT2D eigenvalue weighted by molar-refractivity contribution is -0.125. The van der Waals surface area contributed by atoms with E-state index in [4.69, 9.17) is 5.73 Å². The minimum Gasteiger partial charge on any atom is -0.353 e. The van der Waals surface area contributed by atoms with Gasteiger partial charge in [-0.05, 0) is 29.9 Å². The molecule has 1 aromatic rings. The molecule has 1 aliphatic heterocycles. The van der Waals surface area contributed by atoms with Crippen molar-refractivity contribution < 1.29 is 4.79 Å². The average molecular weight is 315 g/mol. The van der Waals surface area contributed by atoms with E-state index < -0.39 is 0 Å². The van der Waals surface area contributed by atoms with E-state index in [0.717, 1.165) is 29.9 Å². The van der Waals surface area contributed by atoms with Crippen LogP contribution >= 0.6 is 24.2 Å². The molecule has 1 fully saturated rings. The van der Waals surface area contributed by atoms with Crippen LogP contribution in [0.25, 0.3) is 0 Å². The highest BCUT2D eigenvalue weighted by atomic mass is 35.5. The molecule has 0 spiro atoms. The van der Waals surface area contributed by atoms with Gasteiger partial charge in [0.1, 0.15) is 0 Å². The third kappa shape index (κ3) is 4.69. The number of nitrogens with one attached hydrogen (secondary N) is 1. The maximum Gasteiger partial charge on any atom is 0.224 e. The van der Waals surface area contributed by atoms with Crippen molar-refractivity contribution in [2.75, 3.05) is 11.5 Å². The van der Waals surface area contributed by atoms with Gasteiger partial charge in [-0.3, -0.25) is 4.79 Å². The average Bonchev–Trinajstić information content (AvgIpc) is 2.47. The van der Waals surface area contributed by atoms with E-state index in [9.17, 15) is 4.79 Å². The first-order valence-electron chi connectivity index (χ1n) is 6.87. The van der Waals surface area contributed by atoms with Gasteiger partial charge in [0.25, 0.3) is 0 Å². The first-order valence-corrected chi connectivity index (χ1v) is 8.02. The van der Waals surface area contributed by atoms with Gasteiger partial charge in [0.05, 0.1) is 5.92 Å². The number of nitrogens with two attached hydrogens (primary N) is 1. The second-order valence-corrected chi connectivity index (χ2v) is 6.35. The number of hydrogen-bond donors (Lipinski definition) is 2. The Balaban J connectivity index is 0.00000200. The molecule has 0 aromatic heterocycles. The van der Waals surface area contributed by atoms with Crippen molar-refractivity contribution in [1.29, 1.82) is 0 Å². The molecule has 112 valence electrons. The highest BCUT2D eigenvalue weighted by molar-refractivity contribution is 7.99. The van der Waals surface area contributed by atoms with Gasteiger partial charge >= 0.3 is 0 Å². The van der Waals surface area contributed by atoms with Crippen molar-refractivity contribution in [3.63, 3.8) is 0 Å². The standard InChI is InChI=1S/C15H22N2OS.ClH/c1-11(14(16)12-5-3-2-4-6-12)15(18)17-13-7-9-19-10-8-13;/h2-6,11,13-14H,7-10,16H2,1H3,(H,17,18);1H. The molecule has 1 amide bonds. The van der Waals surface area contributed by atoms with Gasteiger partial charge in [-0.1, -0.05) is 37.3 Å². The van der Waals surface area contributed by atoms with Crippen LogP contribution in [0.4, 0.5) is 0 Å². The summed E-state index contributed by atoms with van der Waals surface area (Å²) >= 11 is 1.96. The SMILES string of the molecule is CC(C(=O)NC1CCSCC1)C(N)c1ccccc1.Cl. The molecule has 1 heterocycles. The van der Waals surface area contributed by atoms with Crippen LogP contribution in [0.3, 0.4) is 0 Å². The molecule has 0 aliphatic carbocycles. The Morgan fingerprint density at radius 3 is 2.50 bits per heavy atom. The van der Waals surface area contributed by atoms with Crippen LogP contribution in [0, 0.1) is 5.92 Å². The molecular weight excluding hydrogens is 292 g/mol. The van der Waals surface area contributed by atoms with E-state index in [1.54, 1.807) is 0 Å². The second-order valence-electron chi connectivity index (χ2n) is 5.12. The van der Waals surface area contributed by atoms with Crippen LogP contribution in [-0.4, -0.2) is 23.5 Å². The lowest BCUT2D eigenvalue weighted by Crippen LogP contribution is -2.42. The van der Waals surface area contributed by atoms with Gasteiger partial charge in [-0.15, -0.1) is 12.4 Å². The topological polar surface area (TPSA) is 55.1 Å². The smallest absolute Gasteiger partial charge is 0.224 e. The van der Waals surface area contributed by atoms with E-state index in [0.29, 0.717) is 6.04 Å². The zero-order valence-corrected chi connectivity index (χ0v) is 13.4. The van der Waals surface area contributed by atoms with Gasteiger partial charge in [-0.25, -0.2) is 0 Å². The molecule has 2 atom stereocenters. The summed E-state index contributed by atoms with van der Waals surface area (Å²) in [5.74, 6) is 2.17. The summed E-state index contributed by atoms with van der Waals surface area (Å²) in [5.41, 5.74) is 7.20. The lowest BCUT2D eigenvalue weighted by atomic mass is 9.94. The van der Waals surface area contributed by atoms with Crippen molar-refractivity contribution in [2.45, 2.75) is 31.8 Å². The molecule has 0 radical (unpaired) electrons. The Hall–Kier alpha value is -0.710. The predicted molar refractivity (Wildman–Crippen MR) is 88.3 cm³/mol. The summed E-state index contributed by atoms with van der Waals surface area (Å²) in [7, 11) is 0. The van der Waals surface area contributed by atoms with Crippen molar-refractivity contribution in [2.24, 2.45) is 11.7 Å². The van der Waals surface area contributed by atoms with Crippen LogP contribution in [0.1, 0.15) is 31.4 Å². The molecule has 1 aromatic carbocycles. The number of hydrogen-bond acceptors (Lipinski definition) is 3. The first kappa shape index (κ1) is 17.3. The van der Waals surface area contributed by atoms with E-state index in [1.807, 2.05) is 49.0 Å². The summed E-state index contributed by atoms with van der Waals surface area (Å²) in [4.78, 5) is 12.2. The van der Waals surface area contributed by atoms with Gasteiger partial charge in [0.15, 0.2) is 0 Å². The second kappa shape index (κ2) is 8.55. The summed E-state index contributed by atoms with van der Waals surface area (Å²) in [6.07, 6.45) is 2.15. The number of rotatable bonds is 4. The normalized spacial score (nSPS) is 18.7. The number of benzene rings is 1. The van der Waals surface area contributed by atoms with E-state index in [1.165, 1.54) is 0 Å². The maximum absolute atomic E-state index is 12.2. The molecule has 1 saturated heterocycles. The fourth-order valence-electron chi connectivity index (χ4n) is 2.30. The molecule has 3 N–H and O–H groups in total. The van der Waals surface area contributed by atoms with Crippen molar-refractivity contribution in [1.82, 2.24) is 5.32 Å². The monoisotopic (exact) mass is 314 g/mol. The lowest BCUT2D eigenvalue weighted by Gasteiger charge is -2.26. The molecule has 0 saturated carbocycles. The third-order valence-electron chi connectivity index (χ3n) is 3.70. The highest BCUT2D eigenvalue weighted by Crippen LogP contribution is 2.21. The number of carbonyl (C=O) groups is 1. The number of amides is 1. The van der Waals surface area contributed by atoms with Crippen LogP contribution in [-0.2, 0) is 4.79 Å². The van der Waals surface area contributed by atoms with Gasteiger partial charge in [-0.2, -0.15) is 11.8 Å². The zero-order valence-electron chi connectivity index (χ0n) is 11.7.